The highest BCUT2D eigenvalue weighted by Crippen LogP contribution is 2.30. The molecule has 156 valence electrons. The van der Waals surface area contributed by atoms with E-state index in [1.807, 2.05) is 24.5 Å². The van der Waals surface area contributed by atoms with Gasteiger partial charge in [0.15, 0.2) is 0 Å². The van der Waals surface area contributed by atoms with Crippen molar-refractivity contribution in [1.82, 2.24) is 20.3 Å². The first-order chi connectivity index (χ1) is 14.2. The van der Waals surface area contributed by atoms with Crippen molar-refractivity contribution in [3.63, 3.8) is 0 Å². The smallest absolute Gasteiger partial charge is 0.133 e. The highest BCUT2D eigenvalue weighted by Gasteiger charge is 2.23. The van der Waals surface area contributed by atoms with Crippen molar-refractivity contribution in [2.45, 2.75) is 38.0 Å². The van der Waals surface area contributed by atoms with Gasteiger partial charge in [0.05, 0.1) is 46.4 Å². The average molecular weight is 417 g/mol. The van der Waals surface area contributed by atoms with E-state index in [0.717, 1.165) is 59.4 Å². The molecule has 3 heterocycles. The fraction of sp³-hybridized carbons (Fsp3) is 0.524. The summed E-state index contributed by atoms with van der Waals surface area (Å²) < 4.78 is 10.9. The zero-order valence-corrected chi connectivity index (χ0v) is 17.5. The Labute approximate surface area is 174 Å². The molecule has 0 saturated heterocycles. The molecule has 29 heavy (non-hydrogen) atoms. The van der Waals surface area contributed by atoms with Crippen LogP contribution in [0.25, 0.3) is 21.6 Å². The normalized spacial score (nSPS) is 20.9. The Morgan fingerprint density at radius 2 is 2.17 bits per heavy atom. The molecule has 0 radical (unpaired) electrons. The quantitative estimate of drug-likeness (QED) is 0.365. The zero-order valence-electron chi connectivity index (χ0n) is 16.6. The molecule has 8 heteroatoms. The van der Waals surface area contributed by atoms with Crippen molar-refractivity contribution in [2.75, 3.05) is 26.9 Å². The van der Waals surface area contributed by atoms with Gasteiger partial charge in [0.2, 0.25) is 0 Å². The van der Waals surface area contributed by atoms with Crippen LogP contribution < -0.4 is 5.32 Å². The van der Waals surface area contributed by atoms with Crippen molar-refractivity contribution in [2.24, 2.45) is 5.92 Å². The summed E-state index contributed by atoms with van der Waals surface area (Å²) in [6.07, 6.45) is 7.61. The van der Waals surface area contributed by atoms with Crippen molar-refractivity contribution in [3.05, 3.63) is 35.6 Å². The summed E-state index contributed by atoms with van der Waals surface area (Å²) >= 11 is 1.55. The molecule has 1 aliphatic rings. The van der Waals surface area contributed by atoms with E-state index in [-0.39, 0.29) is 0 Å². The number of thiazole rings is 1. The Balaban J connectivity index is 1.36. The Morgan fingerprint density at radius 1 is 1.31 bits per heavy atom. The van der Waals surface area contributed by atoms with Crippen LogP contribution >= 0.6 is 11.3 Å². The third-order valence-corrected chi connectivity index (χ3v) is 6.36. The van der Waals surface area contributed by atoms with Gasteiger partial charge in [-0.05, 0) is 43.7 Å². The largest absolute Gasteiger partial charge is 0.382 e. The molecule has 0 amide bonds. The molecule has 1 unspecified atom stereocenters. The topological polar surface area (TPSA) is 92.3 Å². The van der Waals surface area contributed by atoms with Crippen molar-refractivity contribution in [1.29, 1.82) is 0 Å². The highest BCUT2D eigenvalue weighted by atomic mass is 32.1. The van der Waals surface area contributed by atoms with Crippen LogP contribution in [-0.2, 0) is 9.47 Å². The number of ether oxygens (including phenoxy) is 2. The van der Waals surface area contributed by atoms with Crippen LogP contribution in [0.15, 0.2) is 30.0 Å². The monoisotopic (exact) mass is 416 g/mol. The molecule has 1 saturated carbocycles. The standard InChI is InChI=1S/C21H28N4O3S/c1-27-8-9-28-15-4-2-14(3-5-15)11-24-21(26)16-10-18(19-12-22-13-29-19)25-17-6-7-23-20(16)17/h6-7,10,12-15,21,23-24,26H,2-5,8-9,11H2,1H3. The second kappa shape index (κ2) is 9.77. The fourth-order valence-corrected chi connectivity index (χ4v) is 4.52. The lowest BCUT2D eigenvalue weighted by atomic mass is 9.87. The van der Waals surface area contributed by atoms with Crippen LogP contribution in [-0.4, -0.2) is 53.0 Å². The first-order valence-electron chi connectivity index (χ1n) is 10.1. The van der Waals surface area contributed by atoms with E-state index in [0.29, 0.717) is 25.2 Å². The second-order valence-corrected chi connectivity index (χ2v) is 8.40. The van der Waals surface area contributed by atoms with Crippen LogP contribution in [0.4, 0.5) is 0 Å². The number of aliphatic hydroxyl groups is 1. The molecule has 1 atom stereocenters. The first-order valence-corrected chi connectivity index (χ1v) is 11.0. The molecule has 1 aliphatic carbocycles. The van der Waals surface area contributed by atoms with Crippen molar-refractivity contribution < 1.29 is 14.6 Å². The summed E-state index contributed by atoms with van der Waals surface area (Å²) in [6, 6.07) is 3.88. The number of nitrogens with zero attached hydrogens (tertiary/aromatic N) is 2. The molecular weight excluding hydrogens is 388 g/mol. The Morgan fingerprint density at radius 3 is 2.93 bits per heavy atom. The second-order valence-electron chi connectivity index (χ2n) is 7.52. The van der Waals surface area contributed by atoms with Crippen LogP contribution in [0.3, 0.4) is 0 Å². The molecule has 7 nitrogen and oxygen atoms in total. The van der Waals surface area contributed by atoms with Gasteiger partial charge < -0.3 is 19.6 Å². The van der Waals surface area contributed by atoms with Gasteiger partial charge in [-0.15, -0.1) is 11.3 Å². The highest BCUT2D eigenvalue weighted by molar-refractivity contribution is 7.13. The fourth-order valence-electron chi connectivity index (χ4n) is 3.94. The van der Waals surface area contributed by atoms with Crippen LogP contribution in [0.5, 0.6) is 0 Å². The number of hydrogen-bond donors (Lipinski definition) is 3. The lowest BCUT2D eigenvalue weighted by Crippen LogP contribution is -2.31. The number of nitrogens with one attached hydrogen (secondary N) is 2. The van der Waals surface area contributed by atoms with Gasteiger partial charge in [-0.3, -0.25) is 10.3 Å². The number of aliphatic hydroxyl groups excluding tert-OH is 1. The van der Waals surface area contributed by atoms with Crippen LogP contribution in [0, 0.1) is 5.92 Å². The maximum atomic E-state index is 10.9. The van der Waals surface area contributed by atoms with Crippen molar-refractivity contribution >= 4 is 22.4 Å². The SMILES string of the molecule is COCCOC1CCC(CNC(O)c2cc(-c3cncs3)nc3cc[nH]c23)CC1. The number of H-pyrrole nitrogens is 1. The number of methoxy groups -OCH3 is 1. The Kier molecular flexibility index (Phi) is 6.89. The Hall–Kier alpha value is -1.84. The molecule has 0 aromatic carbocycles. The minimum absolute atomic E-state index is 0.340. The zero-order chi connectivity index (χ0) is 20.1. The Bertz CT molecular complexity index is 891. The van der Waals surface area contributed by atoms with E-state index in [2.05, 4.69) is 20.3 Å². The van der Waals surface area contributed by atoms with E-state index in [9.17, 15) is 5.11 Å². The third-order valence-electron chi connectivity index (χ3n) is 5.56. The van der Waals surface area contributed by atoms with Crippen molar-refractivity contribution in [3.8, 4) is 10.6 Å². The number of aromatic nitrogens is 3. The number of aromatic amines is 1. The number of hydrogen-bond acceptors (Lipinski definition) is 7. The van der Waals surface area contributed by atoms with Crippen LogP contribution in [0.2, 0.25) is 0 Å². The van der Waals surface area contributed by atoms with Gasteiger partial charge in [-0.25, -0.2) is 4.98 Å². The van der Waals surface area contributed by atoms with Gasteiger partial charge in [-0.1, -0.05) is 0 Å². The number of pyridine rings is 1. The summed E-state index contributed by atoms with van der Waals surface area (Å²) in [7, 11) is 1.70. The molecule has 0 spiro atoms. The minimum Gasteiger partial charge on any atom is -0.382 e. The van der Waals surface area contributed by atoms with Gasteiger partial charge in [0.25, 0.3) is 0 Å². The summed E-state index contributed by atoms with van der Waals surface area (Å²) in [5, 5.41) is 14.2. The maximum Gasteiger partial charge on any atom is 0.133 e. The molecule has 3 aromatic heterocycles. The van der Waals surface area contributed by atoms with Gasteiger partial charge >= 0.3 is 0 Å². The van der Waals surface area contributed by atoms with Gasteiger partial charge in [0, 0.05) is 31.6 Å². The van der Waals surface area contributed by atoms with Gasteiger partial charge in [0.1, 0.15) is 6.23 Å². The van der Waals surface area contributed by atoms with E-state index in [1.165, 1.54) is 0 Å². The average Bonchev–Trinajstić information content (AvgIpc) is 3.44. The summed E-state index contributed by atoms with van der Waals surface area (Å²) in [4.78, 5) is 13.0. The number of rotatable bonds is 9. The molecule has 3 aromatic rings. The molecule has 0 bridgehead atoms. The summed E-state index contributed by atoms with van der Waals surface area (Å²) in [6.45, 7) is 2.10. The number of fused-ring (bicyclic) bond motifs is 1. The predicted octanol–water partition coefficient (Wildman–Crippen LogP) is 3.49. The summed E-state index contributed by atoms with van der Waals surface area (Å²) in [5.41, 5.74) is 5.17. The lowest BCUT2D eigenvalue weighted by Gasteiger charge is -2.29. The predicted molar refractivity (Wildman–Crippen MR) is 114 cm³/mol. The van der Waals surface area contributed by atoms with Gasteiger partial charge in [-0.2, -0.15) is 0 Å². The summed E-state index contributed by atoms with van der Waals surface area (Å²) in [5.74, 6) is 0.550. The minimum atomic E-state index is -0.749. The maximum absolute atomic E-state index is 10.9. The van der Waals surface area contributed by atoms with E-state index >= 15 is 0 Å². The first kappa shape index (κ1) is 20.4. The molecule has 4 rings (SSSR count). The van der Waals surface area contributed by atoms with E-state index < -0.39 is 6.23 Å². The molecule has 1 fully saturated rings. The lowest BCUT2D eigenvalue weighted by molar-refractivity contribution is -0.00846. The van der Waals surface area contributed by atoms with E-state index in [4.69, 9.17) is 9.47 Å². The molecular formula is C21H28N4O3S. The van der Waals surface area contributed by atoms with Crippen LogP contribution in [0.1, 0.15) is 37.5 Å². The molecule has 0 aliphatic heterocycles. The molecule has 3 N–H and O–H groups in total. The third kappa shape index (κ3) is 5.02. The van der Waals surface area contributed by atoms with E-state index in [1.54, 1.807) is 24.0 Å².